The van der Waals surface area contributed by atoms with Gasteiger partial charge in [0.1, 0.15) is 11.4 Å². The van der Waals surface area contributed by atoms with Gasteiger partial charge in [-0.1, -0.05) is 12.1 Å². The normalized spacial score (nSPS) is 16.0. The maximum Gasteiger partial charge on any atom is 0.419 e. The topological polar surface area (TPSA) is 67.9 Å². The molecule has 3 aromatic rings. The molecule has 4 rings (SSSR count). The number of rotatable bonds is 4. The number of nitrogens with two attached hydrogens (primary N) is 1. The molecule has 0 saturated carbocycles. The number of benzene rings is 2. The Hall–Kier alpha value is -3.40. The number of carbonyl (C=O) groups excluding carboxylic acids is 1. The standard InChI is InChI=1S/C20H13F4N3O2S/c21-15-5-4-14(18(25)28)16(17(15)20(22,23)24)19-27(26-10-29-19)13-3-1-2-11(8-13)12-6-7-30-9-12/h1-10,19H,(H2,25,28). The minimum Gasteiger partial charge on any atom is -0.452 e. The lowest BCUT2D eigenvalue weighted by Gasteiger charge is -2.27. The Morgan fingerprint density at radius 1 is 1.17 bits per heavy atom. The Bertz CT molecular complexity index is 1130. The molecule has 0 aliphatic carbocycles. The van der Waals surface area contributed by atoms with Crippen LogP contribution in [-0.4, -0.2) is 12.3 Å². The molecule has 1 unspecified atom stereocenters. The minimum absolute atomic E-state index is 0.394. The molecule has 1 aliphatic rings. The Morgan fingerprint density at radius 2 is 1.97 bits per heavy atom. The number of carbonyl (C=O) groups is 1. The van der Waals surface area contributed by atoms with Crippen LogP contribution in [0.25, 0.3) is 11.1 Å². The molecule has 0 bridgehead atoms. The van der Waals surface area contributed by atoms with Gasteiger partial charge in [-0.25, -0.2) is 9.40 Å². The number of hydrazone groups is 1. The van der Waals surface area contributed by atoms with Crippen LogP contribution in [0, 0.1) is 5.82 Å². The summed E-state index contributed by atoms with van der Waals surface area (Å²) >= 11 is 1.50. The maximum absolute atomic E-state index is 14.2. The van der Waals surface area contributed by atoms with Crippen LogP contribution in [0.1, 0.15) is 27.7 Å². The molecule has 5 nitrogen and oxygen atoms in total. The van der Waals surface area contributed by atoms with Crippen molar-refractivity contribution >= 4 is 29.3 Å². The van der Waals surface area contributed by atoms with Crippen molar-refractivity contribution < 1.29 is 27.1 Å². The number of anilines is 1. The van der Waals surface area contributed by atoms with Crippen molar-refractivity contribution in [2.45, 2.75) is 12.4 Å². The van der Waals surface area contributed by atoms with Crippen molar-refractivity contribution in [3.8, 4) is 11.1 Å². The van der Waals surface area contributed by atoms with Gasteiger partial charge in [-0.2, -0.15) is 24.5 Å². The third kappa shape index (κ3) is 3.50. The lowest BCUT2D eigenvalue weighted by atomic mass is 9.97. The average molecular weight is 435 g/mol. The van der Waals surface area contributed by atoms with Crippen LogP contribution in [0.5, 0.6) is 0 Å². The van der Waals surface area contributed by atoms with Gasteiger partial charge in [0, 0.05) is 11.1 Å². The zero-order valence-corrected chi connectivity index (χ0v) is 15.9. The van der Waals surface area contributed by atoms with Crippen molar-refractivity contribution in [2.75, 3.05) is 5.01 Å². The molecule has 1 atom stereocenters. The highest BCUT2D eigenvalue weighted by molar-refractivity contribution is 7.08. The van der Waals surface area contributed by atoms with Gasteiger partial charge in [-0.05, 0) is 52.2 Å². The maximum atomic E-state index is 14.2. The van der Waals surface area contributed by atoms with E-state index in [4.69, 9.17) is 10.5 Å². The van der Waals surface area contributed by atoms with E-state index in [0.717, 1.165) is 28.6 Å². The Morgan fingerprint density at radius 3 is 2.63 bits per heavy atom. The molecule has 2 aromatic carbocycles. The molecule has 0 fully saturated rings. The van der Waals surface area contributed by atoms with E-state index >= 15 is 0 Å². The number of amides is 1. The van der Waals surface area contributed by atoms with E-state index < -0.39 is 40.8 Å². The summed E-state index contributed by atoms with van der Waals surface area (Å²) in [6, 6.07) is 10.2. The van der Waals surface area contributed by atoms with Crippen molar-refractivity contribution in [2.24, 2.45) is 10.8 Å². The predicted octanol–water partition coefficient (Wildman–Crippen LogP) is 5.15. The molecule has 154 valence electrons. The lowest BCUT2D eigenvalue weighted by Crippen LogP contribution is -2.28. The number of primary amides is 1. The fourth-order valence-corrected chi connectivity index (χ4v) is 3.92. The van der Waals surface area contributed by atoms with Gasteiger partial charge in [0.25, 0.3) is 0 Å². The molecule has 2 heterocycles. The molecule has 0 spiro atoms. The van der Waals surface area contributed by atoms with Gasteiger partial charge in [0.05, 0.1) is 5.69 Å². The molecule has 30 heavy (non-hydrogen) atoms. The molecule has 10 heteroatoms. The Kier molecular flexibility index (Phi) is 4.94. The predicted molar refractivity (Wildman–Crippen MR) is 104 cm³/mol. The van der Waals surface area contributed by atoms with Crippen LogP contribution < -0.4 is 10.7 Å². The summed E-state index contributed by atoms with van der Waals surface area (Å²) in [7, 11) is 0. The van der Waals surface area contributed by atoms with E-state index in [1.165, 1.54) is 11.3 Å². The smallest absolute Gasteiger partial charge is 0.419 e. The number of ether oxygens (including phenoxy) is 1. The van der Waals surface area contributed by atoms with E-state index in [9.17, 15) is 22.4 Å². The van der Waals surface area contributed by atoms with Crippen LogP contribution in [0.15, 0.2) is 58.3 Å². The fourth-order valence-electron chi connectivity index (χ4n) is 3.26. The van der Waals surface area contributed by atoms with Crippen molar-refractivity contribution in [1.82, 2.24) is 0 Å². The van der Waals surface area contributed by atoms with Crippen molar-refractivity contribution in [1.29, 1.82) is 0 Å². The summed E-state index contributed by atoms with van der Waals surface area (Å²) in [4.78, 5) is 11.8. The van der Waals surface area contributed by atoms with E-state index in [-0.39, 0.29) is 0 Å². The third-order valence-electron chi connectivity index (χ3n) is 4.54. The molecule has 1 amide bonds. The highest BCUT2D eigenvalue weighted by atomic mass is 32.1. The largest absolute Gasteiger partial charge is 0.452 e. The molecule has 0 radical (unpaired) electrons. The van der Waals surface area contributed by atoms with Crippen molar-refractivity contribution in [3.05, 3.63) is 75.7 Å². The first-order valence-electron chi connectivity index (χ1n) is 8.56. The summed E-state index contributed by atoms with van der Waals surface area (Å²) in [6.07, 6.45) is -5.67. The van der Waals surface area contributed by atoms with Crippen LogP contribution in [0.2, 0.25) is 0 Å². The Labute approximate surface area is 172 Å². The van der Waals surface area contributed by atoms with Crippen LogP contribution in [0.3, 0.4) is 0 Å². The number of alkyl halides is 3. The summed E-state index contributed by atoms with van der Waals surface area (Å²) < 4.78 is 60.6. The van der Waals surface area contributed by atoms with E-state index in [0.29, 0.717) is 11.8 Å². The Balaban J connectivity index is 1.85. The van der Waals surface area contributed by atoms with Gasteiger partial charge >= 0.3 is 6.18 Å². The van der Waals surface area contributed by atoms with Gasteiger partial charge in [-0.15, -0.1) is 5.10 Å². The molecular weight excluding hydrogens is 422 g/mol. The molecule has 1 aromatic heterocycles. The zero-order valence-electron chi connectivity index (χ0n) is 15.1. The first-order valence-corrected chi connectivity index (χ1v) is 9.51. The second-order valence-electron chi connectivity index (χ2n) is 6.36. The number of nitrogens with zero attached hydrogens (tertiary/aromatic N) is 2. The van der Waals surface area contributed by atoms with E-state index in [2.05, 4.69) is 5.10 Å². The number of hydrogen-bond acceptors (Lipinski definition) is 5. The fraction of sp³-hybridized carbons (Fsp3) is 0.100. The number of thiophene rings is 1. The third-order valence-corrected chi connectivity index (χ3v) is 5.22. The number of hydrogen-bond donors (Lipinski definition) is 1. The molecule has 1 aliphatic heterocycles. The first-order chi connectivity index (χ1) is 14.3. The minimum atomic E-state index is -5.08. The molecule has 2 N–H and O–H groups in total. The van der Waals surface area contributed by atoms with Gasteiger partial charge in [0.15, 0.2) is 6.40 Å². The quantitative estimate of drug-likeness (QED) is 0.577. The molecule has 0 saturated heterocycles. The SMILES string of the molecule is NC(=O)c1ccc(F)c(C(F)(F)F)c1C1OC=NN1c1cccc(-c2ccsc2)c1. The highest BCUT2D eigenvalue weighted by Gasteiger charge is 2.43. The second kappa shape index (κ2) is 7.45. The summed E-state index contributed by atoms with van der Waals surface area (Å²) in [6.45, 7) is 0. The number of halogens is 4. The van der Waals surface area contributed by atoms with E-state index in [1.54, 1.807) is 18.2 Å². The van der Waals surface area contributed by atoms with Gasteiger partial charge < -0.3 is 10.5 Å². The van der Waals surface area contributed by atoms with Crippen molar-refractivity contribution in [3.63, 3.8) is 0 Å². The van der Waals surface area contributed by atoms with Crippen LogP contribution in [0.4, 0.5) is 23.2 Å². The zero-order chi connectivity index (χ0) is 21.5. The van der Waals surface area contributed by atoms with E-state index in [1.807, 2.05) is 22.9 Å². The lowest BCUT2D eigenvalue weighted by molar-refractivity contribution is -0.141. The van der Waals surface area contributed by atoms with Gasteiger partial charge in [0.2, 0.25) is 12.1 Å². The highest BCUT2D eigenvalue weighted by Crippen LogP contribution is 2.43. The molecular formula is C20H13F4N3O2S. The summed E-state index contributed by atoms with van der Waals surface area (Å²) in [5, 5.41) is 8.94. The van der Waals surface area contributed by atoms with Crippen LogP contribution in [-0.2, 0) is 10.9 Å². The monoisotopic (exact) mass is 435 g/mol. The summed E-state index contributed by atoms with van der Waals surface area (Å²) in [5.74, 6) is -2.68. The summed E-state index contributed by atoms with van der Waals surface area (Å²) in [5.41, 5.74) is 4.54. The van der Waals surface area contributed by atoms with Crippen LogP contribution >= 0.6 is 11.3 Å². The average Bonchev–Trinajstić information content (AvgIpc) is 3.38. The van der Waals surface area contributed by atoms with Gasteiger partial charge in [-0.3, -0.25) is 4.79 Å². The second-order valence-corrected chi connectivity index (χ2v) is 7.14. The first kappa shape index (κ1) is 19.9.